The Labute approximate surface area is 109 Å². The summed E-state index contributed by atoms with van der Waals surface area (Å²) in [6, 6.07) is 6.25. The van der Waals surface area contributed by atoms with E-state index in [1.165, 1.54) is 11.1 Å². The Morgan fingerprint density at radius 3 is 2.67 bits per heavy atom. The molecule has 1 aromatic carbocycles. The van der Waals surface area contributed by atoms with Crippen molar-refractivity contribution in [2.75, 3.05) is 18.0 Å². The molecule has 1 aromatic rings. The summed E-state index contributed by atoms with van der Waals surface area (Å²) in [6.07, 6.45) is 2.94. The van der Waals surface area contributed by atoms with Crippen molar-refractivity contribution in [1.82, 2.24) is 0 Å². The molecule has 0 spiro atoms. The predicted molar refractivity (Wildman–Crippen MR) is 74.7 cm³/mol. The predicted octanol–water partition coefficient (Wildman–Crippen LogP) is 2.40. The average molecular weight is 246 g/mol. The first-order valence-corrected chi connectivity index (χ1v) is 6.72. The standard InChI is InChI=1S/C15H22N2O/c1-11-4-7-14(12(2)10-11)17(9-3-8-16)15(18)13-5-6-13/h4,7,10,13H,3,5-6,8-9,16H2,1-2H3. The lowest BCUT2D eigenvalue weighted by Crippen LogP contribution is -2.34. The minimum Gasteiger partial charge on any atom is -0.330 e. The van der Waals surface area contributed by atoms with Crippen LogP contribution in [0.2, 0.25) is 0 Å². The third kappa shape index (κ3) is 2.91. The number of aryl methyl sites for hydroxylation is 2. The maximum Gasteiger partial charge on any atom is 0.230 e. The maximum absolute atomic E-state index is 12.3. The Morgan fingerprint density at radius 1 is 1.39 bits per heavy atom. The van der Waals surface area contributed by atoms with Gasteiger partial charge in [-0.3, -0.25) is 4.79 Å². The third-order valence-electron chi connectivity index (χ3n) is 3.42. The number of nitrogens with zero attached hydrogens (tertiary/aromatic N) is 1. The number of rotatable bonds is 5. The van der Waals surface area contributed by atoms with Gasteiger partial charge >= 0.3 is 0 Å². The summed E-state index contributed by atoms with van der Waals surface area (Å²) in [4.78, 5) is 14.3. The first-order chi connectivity index (χ1) is 8.63. The van der Waals surface area contributed by atoms with Gasteiger partial charge in [0, 0.05) is 18.2 Å². The Kier molecular flexibility index (Phi) is 4.02. The fourth-order valence-corrected chi connectivity index (χ4v) is 2.26. The van der Waals surface area contributed by atoms with Gasteiger partial charge in [0.15, 0.2) is 0 Å². The van der Waals surface area contributed by atoms with Gasteiger partial charge < -0.3 is 10.6 Å². The van der Waals surface area contributed by atoms with E-state index < -0.39 is 0 Å². The van der Waals surface area contributed by atoms with Crippen molar-refractivity contribution in [2.24, 2.45) is 11.7 Å². The van der Waals surface area contributed by atoms with E-state index >= 15 is 0 Å². The minimum atomic E-state index is 0.253. The van der Waals surface area contributed by atoms with Gasteiger partial charge in [0.25, 0.3) is 0 Å². The Hall–Kier alpha value is -1.35. The smallest absolute Gasteiger partial charge is 0.230 e. The highest BCUT2D eigenvalue weighted by molar-refractivity contribution is 5.97. The average Bonchev–Trinajstić information content (AvgIpc) is 3.15. The van der Waals surface area contributed by atoms with E-state index in [1.807, 2.05) is 4.90 Å². The number of anilines is 1. The van der Waals surface area contributed by atoms with E-state index in [4.69, 9.17) is 5.73 Å². The zero-order valence-corrected chi connectivity index (χ0v) is 11.3. The van der Waals surface area contributed by atoms with E-state index in [9.17, 15) is 4.79 Å². The molecule has 18 heavy (non-hydrogen) atoms. The van der Waals surface area contributed by atoms with Gasteiger partial charge in [-0.05, 0) is 51.3 Å². The lowest BCUT2D eigenvalue weighted by Gasteiger charge is -2.24. The van der Waals surface area contributed by atoms with Gasteiger partial charge in [0.1, 0.15) is 0 Å². The molecule has 0 radical (unpaired) electrons. The quantitative estimate of drug-likeness (QED) is 0.867. The molecule has 3 heteroatoms. The highest BCUT2D eigenvalue weighted by Crippen LogP contribution is 2.33. The minimum absolute atomic E-state index is 0.253. The lowest BCUT2D eigenvalue weighted by molar-refractivity contribution is -0.119. The second-order valence-electron chi connectivity index (χ2n) is 5.20. The van der Waals surface area contributed by atoms with Gasteiger partial charge in [-0.2, -0.15) is 0 Å². The van der Waals surface area contributed by atoms with Gasteiger partial charge in [-0.25, -0.2) is 0 Å². The van der Waals surface area contributed by atoms with E-state index in [2.05, 4.69) is 32.0 Å². The number of hydrogen-bond donors (Lipinski definition) is 1. The van der Waals surface area contributed by atoms with E-state index in [0.717, 1.165) is 31.5 Å². The van der Waals surface area contributed by atoms with Gasteiger partial charge in [0.2, 0.25) is 5.91 Å². The summed E-state index contributed by atoms with van der Waals surface area (Å²) < 4.78 is 0. The molecule has 0 atom stereocenters. The summed E-state index contributed by atoms with van der Waals surface area (Å²) in [6.45, 7) is 5.50. The number of carbonyl (C=O) groups is 1. The molecule has 0 heterocycles. The summed E-state index contributed by atoms with van der Waals surface area (Å²) in [5.74, 6) is 0.527. The fourth-order valence-electron chi connectivity index (χ4n) is 2.26. The molecule has 1 aliphatic carbocycles. The van der Waals surface area contributed by atoms with Crippen LogP contribution in [0.5, 0.6) is 0 Å². The number of hydrogen-bond acceptors (Lipinski definition) is 2. The van der Waals surface area contributed by atoms with E-state index in [1.54, 1.807) is 0 Å². The lowest BCUT2D eigenvalue weighted by atomic mass is 10.1. The number of amides is 1. The van der Waals surface area contributed by atoms with Crippen LogP contribution in [0.15, 0.2) is 18.2 Å². The van der Waals surface area contributed by atoms with Gasteiger partial charge in [-0.1, -0.05) is 17.7 Å². The van der Waals surface area contributed by atoms with Crippen LogP contribution in [0, 0.1) is 19.8 Å². The molecular weight excluding hydrogens is 224 g/mol. The first-order valence-electron chi connectivity index (χ1n) is 6.72. The zero-order chi connectivity index (χ0) is 13.1. The van der Waals surface area contributed by atoms with Crippen molar-refractivity contribution in [3.63, 3.8) is 0 Å². The topological polar surface area (TPSA) is 46.3 Å². The van der Waals surface area contributed by atoms with Crippen LogP contribution in [0.3, 0.4) is 0 Å². The third-order valence-corrected chi connectivity index (χ3v) is 3.42. The second-order valence-corrected chi connectivity index (χ2v) is 5.20. The maximum atomic E-state index is 12.3. The number of nitrogens with two attached hydrogens (primary N) is 1. The molecule has 0 bridgehead atoms. The summed E-state index contributed by atoms with van der Waals surface area (Å²) >= 11 is 0. The molecule has 1 aliphatic rings. The number of benzene rings is 1. The van der Waals surface area contributed by atoms with Crippen molar-refractivity contribution in [3.8, 4) is 0 Å². The molecular formula is C15H22N2O. The van der Waals surface area contributed by atoms with Crippen molar-refractivity contribution in [2.45, 2.75) is 33.1 Å². The van der Waals surface area contributed by atoms with Gasteiger partial charge in [-0.15, -0.1) is 0 Å². The summed E-state index contributed by atoms with van der Waals surface area (Å²) in [7, 11) is 0. The largest absolute Gasteiger partial charge is 0.330 e. The van der Waals surface area contributed by atoms with Crippen LogP contribution in [-0.2, 0) is 4.79 Å². The van der Waals surface area contributed by atoms with E-state index in [0.29, 0.717) is 6.54 Å². The van der Waals surface area contributed by atoms with Crippen LogP contribution in [-0.4, -0.2) is 19.0 Å². The van der Waals surface area contributed by atoms with E-state index in [-0.39, 0.29) is 11.8 Å². The van der Waals surface area contributed by atoms with Crippen molar-refractivity contribution < 1.29 is 4.79 Å². The molecule has 0 unspecified atom stereocenters. The zero-order valence-electron chi connectivity index (χ0n) is 11.3. The van der Waals surface area contributed by atoms with Crippen LogP contribution < -0.4 is 10.6 Å². The Morgan fingerprint density at radius 2 is 2.11 bits per heavy atom. The Balaban J connectivity index is 2.23. The van der Waals surface area contributed by atoms with Crippen molar-refractivity contribution >= 4 is 11.6 Å². The van der Waals surface area contributed by atoms with Crippen LogP contribution in [0.25, 0.3) is 0 Å². The number of carbonyl (C=O) groups excluding carboxylic acids is 1. The molecule has 0 saturated heterocycles. The van der Waals surface area contributed by atoms with Crippen LogP contribution >= 0.6 is 0 Å². The second kappa shape index (κ2) is 5.53. The molecule has 0 aliphatic heterocycles. The molecule has 3 nitrogen and oxygen atoms in total. The molecule has 98 valence electrons. The van der Waals surface area contributed by atoms with Crippen molar-refractivity contribution in [3.05, 3.63) is 29.3 Å². The monoisotopic (exact) mass is 246 g/mol. The molecule has 1 fully saturated rings. The first kappa shape index (κ1) is 13.1. The van der Waals surface area contributed by atoms with Crippen molar-refractivity contribution in [1.29, 1.82) is 0 Å². The fraction of sp³-hybridized carbons (Fsp3) is 0.533. The molecule has 2 N–H and O–H groups in total. The van der Waals surface area contributed by atoms with Crippen LogP contribution in [0.1, 0.15) is 30.4 Å². The summed E-state index contributed by atoms with van der Waals surface area (Å²) in [5, 5.41) is 0. The van der Waals surface area contributed by atoms with Crippen LogP contribution in [0.4, 0.5) is 5.69 Å². The molecule has 2 rings (SSSR count). The summed E-state index contributed by atoms with van der Waals surface area (Å²) in [5.41, 5.74) is 9.02. The highest BCUT2D eigenvalue weighted by Gasteiger charge is 2.34. The molecule has 1 saturated carbocycles. The SMILES string of the molecule is Cc1ccc(N(CCCN)C(=O)C2CC2)c(C)c1. The normalized spacial score (nSPS) is 14.6. The molecule has 0 aromatic heterocycles. The van der Waals surface area contributed by atoms with Gasteiger partial charge in [0.05, 0.1) is 0 Å². The highest BCUT2D eigenvalue weighted by atomic mass is 16.2. The Bertz CT molecular complexity index is 438. The molecule has 1 amide bonds.